The third-order valence-corrected chi connectivity index (χ3v) is 2.58. The minimum atomic E-state index is -0.485. The Morgan fingerprint density at radius 3 is 2.53 bits per heavy atom. The Balaban J connectivity index is 2.89. The molecule has 0 radical (unpaired) electrons. The van der Waals surface area contributed by atoms with Crippen LogP contribution >= 0.6 is 0 Å². The van der Waals surface area contributed by atoms with E-state index in [0.29, 0.717) is 12.2 Å². The number of esters is 1. The number of aromatic nitrogens is 1. The Hall–Kier alpha value is -2.11. The van der Waals surface area contributed by atoms with Gasteiger partial charge in [0.15, 0.2) is 0 Å². The van der Waals surface area contributed by atoms with Crippen molar-refractivity contribution in [3.05, 3.63) is 33.7 Å². The van der Waals surface area contributed by atoms with Crippen LogP contribution in [0.15, 0.2) is 16.9 Å². The maximum Gasteiger partial charge on any atom is 0.325 e. The van der Waals surface area contributed by atoms with Crippen LogP contribution in [0.5, 0.6) is 0 Å². The van der Waals surface area contributed by atoms with E-state index in [-0.39, 0.29) is 18.7 Å². The molecule has 1 amide bonds. The minimum absolute atomic E-state index is 0.0248. The second-order valence-electron chi connectivity index (χ2n) is 4.01. The monoisotopic (exact) mass is 266 g/mol. The van der Waals surface area contributed by atoms with Gasteiger partial charge >= 0.3 is 5.97 Å². The summed E-state index contributed by atoms with van der Waals surface area (Å²) in [6, 6.07) is 3.11. The average molecular weight is 266 g/mol. The highest BCUT2D eigenvalue weighted by molar-refractivity contribution is 5.95. The molecule has 1 aromatic heterocycles. The molecule has 6 nitrogen and oxygen atoms in total. The predicted octanol–water partition coefficient (Wildman–Crippen LogP) is 0.709. The van der Waals surface area contributed by atoms with Gasteiger partial charge in [-0.3, -0.25) is 14.4 Å². The van der Waals surface area contributed by atoms with Crippen molar-refractivity contribution in [1.82, 2.24) is 9.88 Å². The van der Waals surface area contributed by atoms with Gasteiger partial charge in [-0.1, -0.05) is 0 Å². The minimum Gasteiger partial charge on any atom is -0.465 e. The van der Waals surface area contributed by atoms with E-state index in [9.17, 15) is 14.4 Å². The van der Waals surface area contributed by atoms with Gasteiger partial charge in [0.05, 0.1) is 6.61 Å². The van der Waals surface area contributed by atoms with Crippen LogP contribution in [0.2, 0.25) is 0 Å². The van der Waals surface area contributed by atoms with Crippen molar-refractivity contribution in [2.75, 3.05) is 19.7 Å². The topological polar surface area (TPSA) is 79.5 Å². The van der Waals surface area contributed by atoms with E-state index in [1.807, 2.05) is 0 Å². The van der Waals surface area contributed by atoms with Gasteiger partial charge in [0, 0.05) is 12.2 Å². The number of amides is 1. The van der Waals surface area contributed by atoms with E-state index < -0.39 is 17.4 Å². The summed E-state index contributed by atoms with van der Waals surface area (Å²) in [5, 5.41) is 0. The first-order valence-electron chi connectivity index (χ1n) is 6.14. The van der Waals surface area contributed by atoms with Gasteiger partial charge in [-0.15, -0.1) is 0 Å². The molecule has 0 unspecified atom stereocenters. The molecule has 1 N–H and O–H groups in total. The van der Waals surface area contributed by atoms with E-state index in [1.165, 1.54) is 11.0 Å². The summed E-state index contributed by atoms with van der Waals surface area (Å²) in [4.78, 5) is 39.1. The lowest BCUT2D eigenvalue weighted by molar-refractivity contribution is -0.143. The number of likely N-dealkylation sites (N-methyl/N-ethyl adjacent to an activating group) is 1. The van der Waals surface area contributed by atoms with Crippen LogP contribution in [-0.2, 0) is 9.53 Å². The number of nitrogens with one attached hydrogen (secondary N) is 1. The van der Waals surface area contributed by atoms with Gasteiger partial charge in [-0.25, -0.2) is 0 Å². The number of carbonyl (C=O) groups is 2. The summed E-state index contributed by atoms with van der Waals surface area (Å²) >= 11 is 0. The van der Waals surface area contributed by atoms with E-state index >= 15 is 0 Å². The summed E-state index contributed by atoms with van der Waals surface area (Å²) in [7, 11) is 0. The number of aromatic amines is 1. The molecule has 0 aromatic carbocycles. The lowest BCUT2D eigenvalue weighted by atomic mass is 10.2. The maximum absolute atomic E-state index is 12.1. The number of pyridine rings is 1. The van der Waals surface area contributed by atoms with Crippen molar-refractivity contribution in [3.63, 3.8) is 0 Å². The molecule has 0 fully saturated rings. The van der Waals surface area contributed by atoms with E-state index in [4.69, 9.17) is 4.74 Å². The highest BCUT2D eigenvalue weighted by atomic mass is 16.5. The number of carbonyl (C=O) groups excluding carboxylic acids is 2. The summed E-state index contributed by atoms with van der Waals surface area (Å²) < 4.78 is 4.79. The zero-order chi connectivity index (χ0) is 14.4. The van der Waals surface area contributed by atoms with Gasteiger partial charge in [-0.05, 0) is 32.9 Å². The van der Waals surface area contributed by atoms with Crippen LogP contribution in [0.3, 0.4) is 0 Å². The van der Waals surface area contributed by atoms with Crippen LogP contribution in [0, 0.1) is 6.92 Å². The largest absolute Gasteiger partial charge is 0.465 e. The van der Waals surface area contributed by atoms with Crippen molar-refractivity contribution < 1.29 is 14.3 Å². The smallest absolute Gasteiger partial charge is 0.325 e. The van der Waals surface area contributed by atoms with Crippen molar-refractivity contribution in [1.29, 1.82) is 0 Å². The molecule has 0 bridgehead atoms. The zero-order valence-corrected chi connectivity index (χ0v) is 11.4. The molecule has 1 heterocycles. The van der Waals surface area contributed by atoms with Crippen LogP contribution in [0.25, 0.3) is 0 Å². The third-order valence-electron chi connectivity index (χ3n) is 2.58. The standard InChI is InChI=1S/C13H18N2O4/c1-4-15(8-11(16)19-5-2)13(18)10-7-6-9(3)14-12(10)17/h6-7H,4-5,8H2,1-3H3,(H,14,17). The van der Waals surface area contributed by atoms with Gasteiger partial charge < -0.3 is 14.6 Å². The molecule has 0 atom stereocenters. The fourth-order valence-corrected chi connectivity index (χ4v) is 1.60. The van der Waals surface area contributed by atoms with Crippen LogP contribution < -0.4 is 5.56 Å². The van der Waals surface area contributed by atoms with Crippen LogP contribution in [0.4, 0.5) is 0 Å². The van der Waals surface area contributed by atoms with Crippen molar-refractivity contribution in [2.45, 2.75) is 20.8 Å². The summed E-state index contributed by atoms with van der Waals surface area (Å²) in [6.07, 6.45) is 0. The molecule has 104 valence electrons. The first-order chi connectivity index (χ1) is 8.99. The SMILES string of the molecule is CCOC(=O)CN(CC)C(=O)c1ccc(C)[nH]c1=O. The quantitative estimate of drug-likeness (QED) is 0.796. The number of rotatable bonds is 5. The zero-order valence-electron chi connectivity index (χ0n) is 11.4. The second-order valence-corrected chi connectivity index (χ2v) is 4.01. The number of ether oxygens (including phenoxy) is 1. The van der Waals surface area contributed by atoms with Crippen LogP contribution in [-0.4, -0.2) is 41.5 Å². The Morgan fingerprint density at radius 2 is 2.00 bits per heavy atom. The summed E-state index contributed by atoms with van der Waals surface area (Å²) in [5.41, 5.74) is 0.249. The third kappa shape index (κ3) is 3.94. The lowest BCUT2D eigenvalue weighted by Crippen LogP contribution is -2.38. The summed E-state index contributed by atoms with van der Waals surface area (Å²) in [5.74, 6) is -0.960. The van der Waals surface area contributed by atoms with E-state index in [1.54, 1.807) is 26.8 Å². The maximum atomic E-state index is 12.1. The number of hydrogen-bond acceptors (Lipinski definition) is 4. The molecule has 0 saturated heterocycles. The lowest BCUT2D eigenvalue weighted by Gasteiger charge is -2.19. The fraction of sp³-hybridized carbons (Fsp3) is 0.462. The molecule has 1 aromatic rings. The fourth-order valence-electron chi connectivity index (χ4n) is 1.60. The summed E-state index contributed by atoms with van der Waals surface area (Å²) in [6.45, 7) is 5.59. The molecule has 0 aliphatic rings. The molecular formula is C13H18N2O4. The molecule has 0 saturated carbocycles. The molecule has 19 heavy (non-hydrogen) atoms. The van der Waals surface area contributed by atoms with Gasteiger partial charge in [0.25, 0.3) is 11.5 Å². The van der Waals surface area contributed by atoms with Gasteiger partial charge in [-0.2, -0.15) is 0 Å². The Morgan fingerprint density at radius 1 is 1.32 bits per heavy atom. The molecular weight excluding hydrogens is 248 g/mol. The number of hydrogen-bond donors (Lipinski definition) is 1. The van der Waals surface area contributed by atoms with Crippen molar-refractivity contribution >= 4 is 11.9 Å². The molecule has 0 aliphatic heterocycles. The molecule has 1 rings (SSSR count). The highest BCUT2D eigenvalue weighted by Gasteiger charge is 2.20. The first-order valence-corrected chi connectivity index (χ1v) is 6.14. The average Bonchev–Trinajstić information content (AvgIpc) is 2.35. The number of H-pyrrole nitrogens is 1. The number of aryl methyl sites for hydroxylation is 1. The van der Waals surface area contributed by atoms with Gasteiger partial charge in [0.2, 0.25) is 0 Å². The predicted molar refractivity (Wildman–Crippen MR) is 70.0 cm³/mol. The van der Waals surface area contributed by atoms with E-state index in [0.717, 1.165) is 0 Å². The van der Waals surface area contributed by atoms with Crippen molar-refractivity contribution in [3.8, 4) is 0 Å². The van der Waals surface area contributed by atoms with Crippen LogP contribution in [0.1, 0.15) is 29.9 Å². The van der Waals surface area contributed by atoms with E-state index in [2.05, 4.69) is 4.98 Å². The molecule has 6 heteroatoms. The Kier molecular flexibility index (Phi) is 5.29. The first kappa shape index (κ1) is 14.9. The second kappa shape index (κ2) is 6.72. The molecule has 0 spiro atoms. The Labute approximate surface area is 111 Å². The normalized spacial score (nSPS) is 10.1. The van der Waals surface area contributed by atoms with Gasteiger partial charge in [0.1, 0.15) is 12.1 Å². The number of nitrogens with zero attached hydrogens (tertiary/aromatic N) is 1. The highest BCUT2D eigenvalue weighted by Crippen LogP contribution is 2.01. The Bertz CT molecular complexity index is 522. The van der Waals surface area contributed by atoms with Crippen molar-refractivity contribution in [2.24, 2.45) is 0 Å². The molecule has 0 aliphatic carbocycles.